The monoisotopic (exact) mass is 995 g/mol. The zero-order valence-electron chi connectivity index (χ0n) is 36.1. The summed E-state index contributed by atoms with van der Waals surface area (Å²) in [4.78, 5) is 112. The molecule has 0 radical (unpaired) electrons. The lowest BCUT2D eigenvalue weighted by molar-refractivity contribution is -0.373. The molecule has 3 fully saturated rings. The summed E-state index contributed by atoms with van der Waals surface area (Å²) in [5.41, 5.74) is 0. The number of hydrogen-bond donors (Lipinski definition) is 1. The highest BCUT2D eigenvalue weighted by molar-refractivity contribution is 6.76. The Kier molecular flexibility index (Phi) is 20.4. The molecule has 14 atom stereocenters. The first kappa shape index (κ1) is 54.7. The van der Waals surface area contributed by atoms with Gasteiger partial charge in [-0.25, -0.2) is 0 Å². The molecule has 0 saturated carbocycles. The Balaban J connectivity index is 2.27. The first-order valence-electron chi connectivity index (χ1n) is 19.2. The van der Waals surface area contributed by atoms with Crippen molar-refractivity contribution in [3.8, 4) is 0 Å². The molecular formula is C37H48Cl3NO24. The van der Waals surface area contributed by atoms with Gasteiger partial charge in [0.25, 0.3) is 3.79 Å². The first-order valence-corrected chi connectivity index (χ1v) is 20.3. The SMILES string of the molecule is CC(=O)OC[C@H]1O[C@@H](O[C@H]2[C@@H](OC(C)=O)[C@@H](COC(C)=O)O[C@@H](O[C@@H]3COC(OC(=N)C(Cl)(Cl)Cl)[C@H](OC(C)=O)[C@H]3OC(C)=O)[C@@H]2OC(C)=O)[C@H](OC(C)=O)[C@@H](OC(C)=O)[C@H]1OC(C)=O. The van der Waals surface area contributed by atoms with Crippen molar-refractivity contribution in [2.75, 3.05) is 19.8 Å². The Morgan fingerprint density at radius 2 is 0.785 bits per heavy atom. The Hall–Kier alpha value is -4.63. The summed E-state index contributed by atoms with van der Waals surface area (Å²) in [5, 5.41) is 8.05. The predicted molar refractivity (Wildman–Crippen MR) is 208 cm³/mol. The number of esters is 9. The number of alkyl halides is 3. The molecule has 0 aromatic carbocycles. The molecule has 0 aromatic rings. The lowest BCUT2D eigenvalue weighted by atomic mass is 9.95. The molecule has 0 bridgehead atoms. The van der Waals surface area contributed by atoms with E-state index in [0.29, 0.717) is 0 Å². The second-order valence-electron chi connectivity index (χ2n) is 14.1. The van der Waals surface area contributed by atoms with Crippen molar-refractivity contribution in [3.63, 3.8) is 0 Å². The minimum atomic E-state index is -2.44. The van der Waals surface area contributed by atoms with Gasteiger partial charge in [-0.1, -0.05) is 34.8 Å². The Morgan fingerprint density at radius 3 is 1.18 bits per heavy atom. The van der Waals surface area contributed by atoms with E-state index >= 15 is 0 Å². The molecule has 25 nitrogen and oxygen atoms in total. The molecule has 65 heavy (non-hydrogen) atoms. The van der Waals surface area contributed by atoms with E-state index in [9.17, 15) is 43.2 Å². The van der Waals surface area contributed by atoms with Gasteiger partial charge >= 0.3 is 53.7 Å². The van der Waals surface area contributed by atoms with Gasteiger partial charge < -0.3 is 71.1 Å². The highest BCUT2D eigenvalue weighted by atomic mass is 35.6. The normalized spacial score (nSPS) is 31.1. The molecule has 28 heteroatoms. The summed E-state index contributed by atoms with van der Waals surface area (Å²) >= 11 is 17.4. The van der Waals surface area contributed by atoms with Crippen molar-refractivity contribution >= 4 is 94.4 Å². The molecule has 3 heterocycles. The van der Waals surface area contributed by atoms with Crippen LogP contribution < -0.4 is 0 Å². The number of carbonyl (C=O) groups is 9. The van der Waals surface area contributed by atoms with Crippen LogP contribution in [-0.4, -0.2) is 169 Å². The number of rotatable bonds is 16. The number of hydrogen-bond acceptors (Lipinski definition) is 25. The highest BCUT2D eigenvalue weighted by Crippen LogP contribution is 2.38. The van der Waals surface area contributed by atoms with Crippen molar-refractivity contribution < 1.29 is 114 Å². The van der Waals surface area contributed by atoms with Crippen LogP contribution in [0.25, 0.3) is 0 Å². The number of carbonyl (C=O) groups excluding carboxylic acids is 9. The average molecular weight is 997 g/mol. The minimum absolute atomic E-state index is 0.673. The average Bonchev–Trinajstić information content (AvgIpc) is 3.15. The molecule has 0 amide bonds. The quantitative estimate of drug-likeness (QED) is 0.0726. The van der Waals surface area contributed by atoms with Crippen molar-refractivity contribution in [1.29, 1.82) is 5.41 Å². The van der Waals surface area contributed by atoms with E-state index in [4.69, 9.17) is 111 Å². The molecule has 0 aliphatic carbocycles. The molecule has 1 N–H and O–H groups in total. The van der Waals surface area contributed by atoms with Crippen molar-refractivity contribution in [3.05, 3.63) is 0 Å². The molecule has 3 aliphatic heterocycles. The van der Waals surface area contributed by atoms with Crippen LogP contribution in [-0.2, 0) is 114 Å². The van der Waals surface area contributed by atoms with Gasteiger partial charge in [0.05, 0.1) is 6.61 Å². The van der Waals surface area contributed by atoms with E-state index < -0.39 is 169 Å². The van der Waals surface area contributed by atoms with Crippen LogP contribution in [0.4, 0.5) is 0 Å². The molecule has 366 valence electrons. The summed E-state index contributed by atoms with van der Waals surface area (Å²) in [6.45, 7) is 6.75. The largest absolute Gasteiger partial charge is 0.463 e. The maximum Gasteiger partial charge on any atom is 0.303 e. The van der Waals surface area contributed by atoms with Crippen LogP contribution in [0, 0.1) is 5.41 Å². The van der Waals surface area contributed by atoms with Gasteiger partial charge in [-0.15, -0.1) is 0 Å². The lowest BCUT2D eigenvalue weighted by Gasteiger charge is -2.49. The van der Waals surface area contributed by atoms with E-state index in [1.165, 1.54) is 0 Å². The third kappa shape index (κ3) is 16.6. The molecule has 0 spiro atoms. The third-order valence-corrected chi connectivity index (χ3v) is 9.19. The maximum atomic E-state index is 12.9. The number of nitrogens with one attached hydrogen (secondary N) is 1. The molecular weight excluding hydrogens is 949 g/mol. The van der Waals surface area contributed by atoms with Crippen molar-refractivity contribution in [1.82, 2.24) is 0 Å². The van der Waals surface area contributed by atoms with Gasteiger partial charge in [0, 0.05) is 62.3 Å². The fourth-order valence-electron chi connectivity index (χ4n) is 6.55. The van der Waals surface area contributed by atoms with Crippen LogP contribution in [0.15, 0.2) is 0 Å². The van der Waals surface area contributed by atoms with Crippen LogP contribution >= 0.6 is 34.8 Å². The van der Waals surface area contributed by atoms with Crippen LogP contribution in [0.3, 0.4) is 0 Å². The topological polar surface area (TPSA) is 316 Å². The lowest BCUT2D eigenvalue weighted by Crippen LogP contribution is -2.68. The Labute approximate surface area is 385 Å². The molecule has 1 unspecified atom stereocenters. The smallest absolute Gasteiger partial charge is 0.303 e. The van der Waals surface area contributed by atoms with Gasteiger partial charge in [0.15, 0.2) is 49.2 Å². The van der Waals surface area contributed by atoms with Crippen LogP contribution in [0.5, 0.6) is 0 Å². The predicted octanol–water partition coefficient (Wildman–Crippen LogP) is 0.575. The summed E-state index contributed by atoms with van der Waals surface area (Å²) in [5.74, 6) is -9.69. The summed E-state index contributed by atoms with van der Waals surface area (Å²) in [7, 11) is 0. The highest BCUT2D eigenvalue weighted by Gasteiger charge is 2.59. The summed E-state index contributed by atoms with van der Waals surface area (Å²) in [6, 6.07) is 0. The maximum absolute atomic E-state index is 12.9. The first-order chi connectivity index (χ1) is 30.2. The number of halogens is 3. The van der Waals surface area contributed by atoms with E-state index in [1.807, 2.05) is 0 Å². The Morgan fingerprint density at radius 1 is 0.446 bits per heavy atom. The molecule has 3 aliphatic rings. The fraction of sp³-hybridized carbons (Fsp3) is 0.730. The van der Waals surface area contributed by atoms with Crippen molar-refractivity contribution in [2.24, 2.45) is 0 Å². The van der Waals surface area contributed by atoms with Crippen LogP contribution in [0.1, 0.15) is 62.3 Å². The van der Waals surface area contributed by atoms with Gasteiger partial charge in [0.2, 0.25) is 18.3 Å². The van der Waals surface area contributed by atoms with Gasteiger partial charge in [0.1, 0.15) is 37.6 Å². The molecule has 3 rings (SSSR count). The standard InChI is InChI=1S/C37H48Cl3NO24/c1-13(42)51-10-22-25(54-15(3)44)28(57-18(6)47)31(59-20(8)49)35(63-22)64-29-26(55-16(4)45)23(11-52-14(2)43)61-34(32(29)60-21(9)50)62-24-12-53-33(65-36(41)37(38,39)40)30(58-19(7)48)27(24)56-17(5)46/h22-35,41H,10-12H2,1-9H3/t22-,23-,24-,25+,26+,27+,28+,29+,30-,31-,32-,33?,34+,35+/m1/s1. The zero-order chi connectivity index (χ0) is 49.1. The van der Waals surface area contributed by atoms with Gasteiger partial charge in [-0.05, 0) is 0 Å². The van der Waals surface area contributed by atoms with E-state index in [0.717, 1.165) is 62.3 Å². The second kappa shape index (κ2) is 24.2. The van der Waals surface area contributed by atoms with E-state index in [2.05, 4.69) is 0 Å². The van der Waals surface area contributed by atoms with E-state index in [1.54, 1.807) is 0 Å². The Bertz CT molecular complexity index is 1790. The second-order valence-corrected chi connectivity index (χ2v) is 16.4. The summed E-state index contributed by atoms with van der Waals surface area (Å²) in [6.07, 6.45) is -25.1. The number of ether oxygens (including phenoxy) is 15. The summed E-state index contributed by atoms with van der Waals surface area (Å²) < 4.78 is 82.4. The zero-order valence-corrected chi connectivity index (χ0v) is 38.4. The molecule has 3 saturated heterocycles. The minimum Gasteiger partial charge on any atom is -0.463 e. The van der Waals surface area contributed by atoms with Crippen molar-refractivity contribution in [2.45, 2.75) is 152 Å². The fourth-order valence-corrected chi connectivity index (χ4v) is 6.68. The van der Waals surface area contributed by atoms with Crippen LogP contribution in [0.2, 0.25) is 0 Å². The van der Waals surface area contributed by atoms with E-state index in [-0.39, 0.29) is 0 Å². The van der Waals surface area contributed by atoms with Gasteiger partial charge in [-0.3, -0.25) is 48.6 Å². The van der Waals surface area contributed by atoms with Gasteiger partial charge in [-0.2, -0.15) is 0 Å². The molecule has 0 aromatic heterocycles. The third-order valence-electron chi connectivity index (χ3n) is 8.67.